The zero-order chi connectivity index (χ0) is 14.1. The van der Waals surface area contributed by atoms with Crippen molar-refractivity contribution in [1.29, 1.82) is 0 Å². The van der Waals surface area contributed by atoms with Gasteiger partial charge in [0.05, 0.1) is 11.6 Å². The van der Waals surface area contributed by atoms with Crippen LogP contribution in [0.3, 0.4) is 0 Å². The smallest absolute Gasteiger partial charge is 0.309 e. The molecule has 1 fully saturated rings. The molecule has 0 radical (unpaired) electrons. The van der Waals surface area contributed by atoms with E-state index in [0.29, 0.717) is 30.5 Å². The third-order valence-corrected chi connectivity index (χ3v) is 3.55. The van der Waals surface area contributed by atoms with Crippen LogP contribution >= 0.6 is 11.6 Å². The van der Waals surface area contributed by atoms with E-state index in [4.69, 9.17) is 21.1 Å². The molecule has 0 bridgehead atoms. The quantitative estimate of drug-likeness (QED) is 0.938. The van der Waals surface area contributed by atoms with Gasteiger partial charge in [0, 0.05) is 30.2 Å². The fourth-order valence-corrected chi connectivity index (χ4v) is 2.41. The second-order valence-electron chi connectivity index (χ2n) is 4.88. The molecule has 1 saturated heterocycles. The summed E-state index contributed by atoms with van der Waals surface area (Å²) < 4.78 is 5.44. The minimum atomic E-state index is -0.735. The van der Waals surface area contributed by atoms with Gasteiger partial charge in [0.25, 0.3) is 0 Å². The minimum Gasteiger partial charge on any atom is -0.481 e. The molecule has 104 valence electrons. The second kappa shape index (κ2) is 5.26. The van der Waals surface area contributed by atoms with Crippen molar-refractivity contribution in [3.8, 4) is 11.5 Å². The third-order valence-electron chi connectivity index (χ3n) is 3.32. The Kier molecular flexibility index (Phi) is 3.46. The van der Waals surface area contributed by atoms with Gasteiger partial charge in [-0.05, 0) is 18.2 Å². The van der Waals surface area contributed by atoms with Crippen molar-refractivity contribution >= 4 is 17.6 Å². The number of hydrogen-bond donors (Lipinski definition) is 1. The first-order valence-electron chi connectivity index (χ1n) is 6.27. The molecule has 5 nitrogen and oxygen atoms in total. The normalized spacial score (nSPS) is 16.1. The molecular formula is C14H13ClN2O3. The van der Waals surface area contributed by atoms with Gasteiger partial charge in [-0.3, -0.25) is 9.69 Å². The van der Waals surface area contributed by atoms with E-state index >= 15 is 0 Å². The van der Waals surface area contributed by atoms with Crippen molar-refractivity contribution in [3.63, 3.8) is 0 Å². The van der Waals surface area contributed by atoms with Crippen molar-refractivity contribution in [1.82, 2.24) is 9.88 Å². The lowest BCUT2D eigenvalue weighted by Crippen LogP contribution is -2.49. The molecule has 2 heterocycles. The summed E-state index contributed by atoms with van der Waals surface area (Å²) in [7, 11) is 0. The molecule has 1 aromatic heterocycles. The van der Waals surface area contributed by atoms with E-state index in [0.717, 1.165) is 11.3 Å². The first-order valence-corrected chi connectivity index (χ1v) is 6.65. The van der Waals surface area contributed by atoms with Gasteiger partial charge in [-0.25, -0.2) is 4.98 Å². The summed E-state index contributed by atoms with van der Waals surface area (Å²) in [6.45, 7) is 1.73. The average molecular weight is 293 g/mol. The summed E-state index contributed by atoms with van der Waals surface area (Å²) in [4.78, 5) is 17.2. The molecule has 6 heteroatoms. The number of carboxylic acid groups (broad SMARTS) is 1. The molecule has 0 amide bonds. The molecule has 0 saturated carbocycles. The molecule has 0 spiro atoms. The largest absolute Gasteiger partial charge is 0.481 e. The van der Waals surface area contributed by atoms with E-state index in [9.17, 15) is 4.79 Å². The Morgan fingerprint density at radius 1 is 1.50 bits per heavy atom. The highest BCUT2D eigenvalue weighted by Gasteiger charge is 2.32. The van der Waals surface area contributed by atoms with Gasteiger partial charge >= 0.3 is 5.97 Å². The maximum absolute atomic E-state index is 10.7. The molecule has 1 aromatic carbocycles. The van der Waals surface area contributed by atoms with Crippen molar-refractivity contribution in [2.45, 2.75) is 6.54 Å². The summed E-state index contributed by atoms with van der Waals surface area (Å²) in [6.07, 6.45) is 1.60. The molecule has 0 atom stereocenters. The summed E-state index contributed by atoms with van der Waals surface area (Å²) in [5.74, 6) is -0.465. The van der Waals surface area contributed by atoms with Crippen LogP contribution in [-0.4, -0.2) is 34.0 Å². The van der Waals surface area contributed by atoms with E-state index in [-0.39, 0.29) is 5.92 Å². The van der Waals surface area contributed by atoms with Crippen LogP contribution in [0.4, 0.5) is 0 Å². The van der Waals surface area contributed by atoms with E-state index in [1.807, 2.05) is 17.0 Å². The fourth-order valence-electron chi connectivity index (χ4n) is 2.22. The lowest BCUT2D eigenvalue weighted by atomic mass is 10.0. The van der Waals surface area contributed by atoms with Crippen LogP contribution in [0.5, 0.6) is 0 Å². The lowest BCUT2D eigenvalue weighted by molar-refractivity contribution is -0.147. The van der Waals surface area contributed by atoms with Crippen molar-refractivity contribution in [3.05, 3.63) is 41.2 Å². The molecule has 0 unspecified atom stereocenters. The summed E-state index contributed by atoms with van der Waals surface area (Å²) in [5.41, 5.74) is 1.62. The van der Waals surface area contributed by atoms with Crippen molar-refractivity contribution in [2.75, 3.05) is 13.1 Å². The zero-order valence-corrected chi connectivity index (χ0v) is 11.4. The maximum Gasteiger partial charge on any atom is 0.309 e. The Labute approximate surface area is 120 Å². The van der Waals surface area contributed by atoms with Gasteiger partial charge in [-0.2, -0.15) is 0 Å². The van der Waals surface area contributed by atoms with Gasteiger partial charge in [0.15, 0.2) is 0 Å². The number of nitrogens with zero attached hydrogens (tertiary/aromatic N) is 2. The predicted octanol–water partition coefficient (Wildman–Crippen LogP) is 2.51. The number of carboxylic acids is 1. The van der Waals surface area contributed by atoms with Gasteiger partial charge in [0.1, 0.15) is 6.26 Å². The Bertz CT molecular complexity index is 635. The summed E-state index contributed by atoms with van der Waals surface area (Å²) >= 11 is 5.93. The average Bonchev–Trinajstić information content (AvgIpc) is 2.81. The monoisotopic (exact) mass is 292 g/mol. The first-order chi connectivity index (χ1) is 9.61. The number of halogens is 1. The van der Waals surface area contributed by atoms with E-state index < -0.39 is 5.97 Å². The molecule has 20 heavy (non-hydrogen) atoms. The van der Waals surface area contributed by atoms with Crippen LogP contribution in [0.2, 0.25) is 5.02 Å². The standard InChI is InChI=1S/C14H13ClN2O3/c15-11-3-1-2-9(4-11)13-16-12(8-20-13)7-17-5-10(6-17)14(18)19/h1-4,8,10H,5-7H2,(H,18,19). The Balaban J connectivity index is 1.65. The molecule has 1 N–H and O–H groups in total. The van der Waals surface area contributed by atoms with Crippen molar-refractivity contribution in [2.24, 2.45) is 5.92 Å². The topological polar surface area (TPSA) is 66.6 Å². The number of aliphatic carboxylic acids is 1. The molecular weight excluding hydrogens is 280 g/mol. The highest BCUT2D eigenvalue weighted by molar-refractivity contribution is 6.30. The third kappa shape index (κ3) is 2.69. The van der Waals surface area contributed by atoms with Gasteiger partial charge in [-0.1, -0.05) is 17.7 Å². The number of aromatic nitrogens is 1. The van der Waals surface area contributed by atoms with Gasteiger partial charge in [-0.15, -0.1) is 0 Å². The Morgan fingerprint density at radius 3 is 3.00 bits per heavy atom. The zero-order valence-electron chi connectivity index (χ0n) is 10.6. The number of hydrogen-bond acceptors (Lipinski definition) is 4. The number of carbonyl (C=O) groups is 1. The first kappa shape index (κ1) is 13.1. The lowest BCUT2D eigenvalue weighted by Gasteiger charge is -2.35. The van der Waals surface area contributed by atoms with Gasteiger partial charge in [0.2, 0.25) is 5.89 Å². The molecule has 0 aliphatic carbocycles. The van der Waals surface area contributed by atoms with E-state index in [2.05, 4.69) is 4.98 Å². The highest BCUT2D eigenvalue weighted by atomic mass is 35.5. The number of rotatable bonds is 4. The van der Waals surface area contributed by atoms with Crippen LogP contribution in [0, 0.1) is 5.92 Å². The number of likely N-dealkylation sites (tertiary alicyclic amines) is 1. The van der Waals surface area contributed by atoms with E-state index in [1.165, 1.54) is 0 Å². The molecule has 2 aromatic rings. The Morgan fingerprint density at radius 2 is 2.30 bits per heavy atom. The van der Waals surface area contributed by atoms with Crippen LogP contribution in [0.15, 0.2) is 34.9 Å². The highest BCUT2D eigenvalue weighted by Crippen LogP contribution is 2.24. The predicted molar refractivity (Wildman–Crippen MR) is 73.4 cm³/mol. The molecule has 1 aliphatic rings. The van der Waals surface area contributed by atoms with Crippen LogP contribution in [0.25, 0.3) is 11.5 Å². The maximum atomic E-state index is 10.7. The minimum absolute atomic E-state index is 0.255. The molecule has 1 aliphatic heterocycles. The van der Waals surface area contributed by atoms with Crippen LogP contribution in [-0.2, 0) is 11.3 Å². The van der Waals surface area contributed by atoms with Crippen LogP contribution < -0.4 is 0 Å². The van der Waals surface area contributed by atoms with Crippen molar-refractivity contribution < 1.29 is 14.3 Å². The Hall–Kier alpha value is -1.85. The van der Waals surface area contributed by atoms with Gasteiger partial charge < -0.3 is 9.52 Å². The van der Waals surface area contributed by atoms with Crippen LogP contribution in [0.1, 0.15) is 5.69 Å². The summed E-state index contributed by atoms with van der Waals surface area (Å²) in [6, 6.07) is 7.31. The molecule has 3 rings (SSSR count). The fraction of sp³-hybridized carbons (Fsp3) is 0.286. The SMILES string of the molecule is O=C(O)C1CN(Cc2coc(-c3cccc(Cl)c3)n2)C1. The van der Waals surface area contributed by atoms with E-state index in [1.54, 1.807) is 18.4 Å². The number of benzene rings is 1. The summed E-state index contributed by atoms with van der Waals surface area (Å²) in [5, 5.41) is 9.46. The second-order valence-corrected chi connectivity index (χ2v) is 5.32. The number of oxazole rings is 1.